The number of amides is 1. The van der Waals surface area contributed by atoms with E-state index in [1.165, 1.54) is 12.1 Å². The van der Waals surface area contributed by atoms with Gasteiger partial charge in [-0.1, -0.05) is 26.0 Å². The minimum atomic E-state index is -0.509. The third kappa shape index (κ3) is 3.58. The van der Waals surface area contributed by atoms with Crippen LogP contribution in [0.4, 0.5) is 5.69 Å². The number of morpholine rings is 1. The molecule has 0 radical (unpaired) electrons. The fourth-order valence-corrected chi connectivity index (χ4v) is 2.63. The second kappa shape index (κ2) is 6.67. The van der Waals surface area contributed by atoms with Gasteiger partial charge in [0.15, 0.2) is 0 Å². The molecule has 1 amide bonds. The molecule has 0 aromatic heterocycles. The topological polar surface area (TPSA) is 72.7 Å². The Balaban J connectivity index is 2.27. The summed E-state index contributed by atoms with van der Waals surface area (Å²) in [7, 11) is 0. The molecule has 1 atom stereocenters. The van der Waals surface area contributed by atoms with Gasteiger partial charge in [0.05, 0.1) is 24.2 Å². The summed E-state index contributed by atoms with van der Waals surface area (Å²) >= 11 is 0. The number of carbonyl (C=O) groups excluding carboxylic acids is 1. The van der Waals surface area contributed by atoms with Crippen molar-refractivity contribution in [1.82, 2.24) is 4.90 Å². The van der Waals surface area contributed by atoms with Crippen LogP contribution in [0.2, 0.25) is 0 Å². The lowest BCUT2D eigenvalue weighted by molar-refractivity contribution is -0.385. The molecule has 0 bridgehead atoms. The first-order valence-electron chi connectivity index (χ1n) is 7.13. The van der Waals surface area contributed by atoms with Crippen molar-refractivity contribution in [2.24, 2.45) is 5.92 Å². The number of nitro benzene ring substituents is 1. The maximum Gasteiger partial charge on any atom is 0.282 e. The molecule has 0 spiro atoms. The zero-order valence-corrected chi connectivity index (χ0v) is 12.3. The Hall–Kier alpha value is -1.95. The van der Waals surface area contributed by atoms with Gasteiger partial charge in [0.2, 0.25) is 0 Å². The van der Waals surface area contributed by atoms with Crippen molar-refractivity contribution < 1.29 is 14.5 Å². The first-order valence-corrected chi connectivity index (χ1v) is 7.13. The zero-order valence-electron chi connectivity index (χ0n) is 12.3. The van der Waals surface area contributed by atoms with E-state index in [2.05, 4.69) is 13.8 Å². The smallest absolute Gasteiger partial charge is 0.282 e. The van der Waals surface area contributed by atoms with E-state index in [9.17, 15) is 14.9 Å². The Morgan fingerprint density at radius 2 is 2.19 bits per heavy atom. The predicted octanol–water partition coefficient (Wildman–Crippen LogP) is 2.48. The molecule has 1 saturated heterocycles. The molecule has 1 aromatic rings. The van der Waals surface area contributed by atoms with E-state index in [-0.39, 0.29) is 23.2 Å². The Bertz CT molecular complexity index is 530. The number of para-hydroxylation sites is 1. The highest BCUT2D eigenvalue weighted by atomic mass is 16.6. The fraction of sp³-hybridized carbons (Fsp3) is 0.533. The molecule has 1 fully saturated rings. The fourth-order valence-electron chi connectivity index (χ4n) is 2.63. The van der Waals surface area contributed by atoms with Crippen LogP contribution in [0.3, 0.4) is 0 Å². The minimum absolute atomic E-state index is 0.0222. The number of nitrogens with zero attached hydrogens (tertiary/aromatic N) is 2. The molecule has 6 nitrogen and oxygen atoms in total. The van der Waals surface area contributed by atoms with Crippen molar-refractivity contribution in [3.8, 4) is 0 Å². The highest BCUT2D eigenvalue weighted by Crippen LogP contribution is 2.23. The maximum atomic E-state index is 12.7. The van der Waals surface area contributed by atoms with Gasteiger partial charge in [-0.15, -0.1) is 0 Å². The lowest BCUT2D eigenvalue weighted by atomic mass is 10.0. The van der Waals surface area contributed by atoms with Crippen LogP contribution in [0.1, 0.15) is 30.6 Å². The van der Waals surface area contributed by atoms with Crippen molar-refractivity contribution in [3.05, 3.63) is 39.9 Å². The summed E-state index contributed by atoms with van der Waals surface area (Å²) in [6, 6.07) is 6.08. The van der Waals surface area contributed by atoms with Gasteiger partial charge in [0.1, 0.15) is 5.56 Å². The van der Waals surface area contributed by atoms with E-state index in [4.69, 9.17) is 4.74 Å². The highest BCUT2D eigenvalue weighted by molar-refractivity contribution is 5.98. The van der Waals surface area contributed by atoms with Crippen LogP contribution in [-0.2, 0) is 4.74 Å². The van der Waals surface area contributed by atoms with E-state index in [1.54, 1.807) is 17.0 Å². The van der Waals surface area contributed by atoms with Crippen LogP contribution in [-0.4, -0.2) is 41.5 Å². The normalized spacial score (nSPS) is 18.8. The van der Waals surface area contributed by atoms with Crippen molar-refractivity contribution in [1.29, 1.82) is 0 Å². The zero-order chi connectivity index (χ0) is 15.4. The van der Waals surface area contributed by atoms with Gasteiger partial charge in [0.25, 0.3) is 11.6 Å². The lowest BCUT2D eigenvalue weighted by Crippen LogP contribution is -2.49. The number of nitro groups is 1. The van der Waals surface area contributed by atoms with Gasteiger partial charge < -0.3 is 9.64 Å². The average molecular weight is 292 g/mol. The number of hydrogen-bond acceptors (Lipinski definition) is 4. The van der Waals surface area contributed by atoms with Gasteiger partial charge in [-0.05, 0) is 18.4 Å². The number of rotatable bonds is 4. The first kappa shape index (κ1) is 15.4. The summed E-state index contributed by atoms with van der Waals surface area (Å²) in [5, 5.41) is 11.1. The molecule has 114 valence electrons. The summed E-state index contributed by atoms with van der Waals surface area (Å²) in [6.07, 6.45) is 0.826. The van der Waals surface area contributed by atoms with Crippen molar-refractivity contribution >= 4 is 11.6 Å². The summed E-state index contributed by atoms with van der Waals surface area (Å²) in [5.74, 6) is 0.147. The monoisotopic (exact) mass is 292 g/mol. The van der Waals surface area contributed by atoms with Crippen LogP contribution in [0.15, 0.2) is 24.3 Å². The maximum absolute atomic E-state index is 12.7. The van der Waals surface area contributed by atoms with Gasteiger partial charge in [-0.25, -0.2) is 0 Å². The Labute approximate surface area is 123 Å². The van der Waals surface area contributed by atoms with E-state index in [0.717, 1.165) is 6.42 Å². The predicted molar refractivity (Wildman–Crippen MR) is 78.2 cm³/mol. The molecule has 0 aliphatic carbocycles. The molecule has 1 heterocycles. The molecule has 6 heteroatoms. The standard InChI is InChI=1S/C15H20N2O4/c1-11(2)9-12-10-21-8-7-16(12)15(18)13-5-3-4-6-14(13)17(19)20/h3-6,11-12H,7-10H2,1-2H3. The summed E-state index contributed by atoms with van der Waals surface area (Å²) < 4.78 is 5.45. The van der Waals surface area contributed by atoms with Crippen LogP contribution in [0, 0.1) is 16.0 Å². The minimum Gasteiger partial charge on any atom is -0.377 e. The van der Waals surface area contributed by atoms with Crippen molar-refractivity contribution in [2.75, 3.05) is 19.8 Å². The summed E-state index contributed by atoms with van der Waals surface area (Å²) in [4.78, 5) is 25.0. The van der Waals surface area contributed by atoms with Crippen molar-refractivity contribution in [3.63, 3.8) is 0 Å². The van der Waals surface area contributed by atoms with Crippen LogP contribution >= 0.6 is 0 Å². The van der Waals surface area contributed by atoms with Crippen LogP contribution in [0.5, 0.6) is 0 Å². The second-order valence-corrected chi connectivity index (χ2v) is 5.63. The number of hydrogen-bond donors (Lipinski definition) is 0. The first-order chi connectivity index (χ1) is 10.0. The van der Waals surface area contributed by atoms with Gasteiger partial charge >= 0.3 is 0 Å². The van der Waals surface area contributed by atoms with Crippen LogP contribution < -0.4 is 0 Å². The Morgan fingerprint density at radius 1 is 1.48 bits per heavy atom. The largest absolute Gasteiger partial charge is 0.377 e. The van der Waals surface area contributed by atoms with Crippen molar-refractivity contribution in [2.45, 2.75) is 26.3 Å². The molecule has 1 aliphatic rings. The average Bonchev–Trinajstić information content (AvgIpc) is 2.46. The van der Waals surface area contributed by atoms with Crippen LogP contribution in [0.25, 0.3) is 0 Å². The molecular formula is C15H20N2O4. The Kier molecular flexibility index (Phi) is 4.90. The van der Waals surface area contributed by atoms with Gasteiger partial charge in [-0.2, -0.15) is 0 Å². The third-order valence-corrected chi connectivity index (χ3v) is 3.56. The van der Waals surface area contributed by atoms with E-state index >= 15 is 0 Å². The number of carbonyl (C=O) groups is 1. The SMILES string of the molecule is CC(C)CC1COCCN1C(=O)c1ccccc1[N+](=O)[O-]. The molecule has 1 unspecified atom stereocenters. The molecule has 21 heavy (non-hydrogen) atoms. The number of benzene rings is 1. The second-order valence-electron chi connectivity index (χ2n) is 5.63. The molecule has 2 rings (SSSR count). The molecular weight excluding hydrogens is 272 g/mol. The summed E-state index contributed by atoms with van der Waals surface area (Å²) in [5.41, 5.74) is 0.00967. The summed E-state index contributed by atoms with van der Waals surface area (Å²) in [6.45, 7) is 5.61. The lowest BCUT2D eigenvalue weighted by Gasteiger charge is -2.36. The highest BCUT2D eigenvalue weighted by Gasteiger charge is 2.31. The van der Waals surface area contributed by atoms with E-state index in [1.807, 2.05) is 0 Å². The Morgan fingerprint density at radius 3 is 2.86 bits per heavy atom. The quantitative estimate of drug-likeness (QED) is 0.631. The third-order valence-electron chi connectivity index (χ3n) is 3.56. The number of ether oxygens (including phenoxy) is 1. The van der Waals surface area contributed by atoms with E-state index < -0.39 is 4.92 Å². The molecule has 1 aromatic carbocycles. The molecule has 0 saturated carbocycles. The van der Waals surface area contributed by atoms with Gasteiger partial charge in [0, 0.05) is 12.6 Å². The molecule has 1 aliphatic heterocycles. The van der Waals surface area contributed by atoms with Gasteiger partial charge in [-0.3, -0.25) is 14.9 Å². The van der Waals surface area contributed by atoms with E-state index in [0.29, 0.717) is 25.7 Å². The molecule has 0 N–H and O–H groups in total.